The Hall–Kier alpha value is -0.290. The van der Waals surface area contributed by atoms with E-state index in [4.69, 9.17) is 16.3 Å². The van der Waals surface area contributed by atoms with Gasteiger partial charge in [0.25, 0.3) is 0 Å². The van der Waals surface area contributed by atoms with Gasteiger partial charge in [-0.25, -0.2) is 0 Å². The van der Waals surface area contributed by atoms with Crippen molar-refractivity contribution in [1.82, 2.24) is 0 Å². The van der Waals surface area contributed by atoms with Crippen LogP contribution in [-0.4, -0.2) is 31.0 Å². The second-order valence-electron chi connectivity index (χ2n) is 4.79. The monoisotopic (exact) mass is 363 g/mol. The lowest BCUT2D eigenvalue weighted by Gasteiger charge is -2.14. The molecule has 0 aliphatic rings. The van der Waals surface area contributed by atoms with Crippen molar-refractivity contribution in [3.05, 3.63) is 27.7 Å². The molecule has 0 aliphatic carbocycles. The number of anilines is 1. The Morgan fingerprint density at radius 1 is 1.35 bits per heavy atom. The summed E-state index contributed by atoms with van der Waals surface area (Å²) in [5.74, 6) is 0. The molecular formula is C15H23BrClNO2. The van der Waals surface area contributed by atoms with Gasteiger partial charge in [-0.2, -0.15) is 0 Å². The molecule has 0 bridgehead atoms. The number of aliphatic hydroxyl groups is 1. The summed E-state index contributed by atoms with van der Waals surface area (Å²) >= 11 is 9.36. The van der Waals surface area contributed by atoms with E-state index in [2.05, 4.69) is 28.2 Å². The molecule has 1 aromatic carbocycles. The van der Waals surface area contributed by atoms with Crippen molar-refractivity contribution in [3.8, 4) is 0 Å². The number of rotatable bonds is 10. The van der Waals surface area contributed by atoms with Gasteiger partial charge in [-0.05, 0) is 40.5 Å². The van der Waals surface area contributed by atoms with E-state index < -0.39 is 6.10 Å². The number of ether oxygens (including phenoxy) is 1. The van der Waals surface area contributed by atoms with Crippen molar-refractivity contribution in [1.29, 1.82) is 0 Å². The van der Waals surface area contributed by atoms with Crippen LogP contribution >= 0.6 is 27.5 Å². The molecule has 0 spiro atoms. The highest BCUT2D eigenvalue weighted by Gasteiger charge is 2.06. The first-order chi connectivity index (χ1) is 9.63. The van der Waals surface area contributed by atoms with Gasteiger partial charge in [-0.1, -0.05) is 37.8 Å². The van der Waals surface area contributed by atoms with Gasteiger partial charge >= 0.3 is 0 Å². The fraction of sp³-hybridized carbons (Fsp3) is 0.600. The van der Waals surface area contributed by atoms with Crippen molar-refractivity contribution in [2.75, 3.05) is 25.1 Å². The van der Waals surface area contributed by atoms with Gasteiger partial charge in [0, 0.05) is 28.3 Å². The lowest BCUT2D eigenvalue weighted by atomic mass is 10.2. The van der Waals surface area contributed by atoms with Gasteiger partial charge in [0.15, 0.2) is 0 Å². The van der Waals surface area contributed by atoms with Crippen molar-refractivity contribution in [2.45, 2.75) is 38.7 Å². The van der Waals surface area contributed by atoms with Crippen molar-refractivity contribution in [3.63, 3.8) is 0 Å². The Morgan fingerprint density at radius 3 is 2.90 bits per heavy atom. The minimum atomic E-state index is -0.521. The van der Waals surface area contributed by atoms with E-state index in [1.165, 1.54) is 19.3 Å². The predicted octanol–water partition coefficient (Wildman–Crippen LogP) is 4.47. The topological polar surface area (TPSA) is 41.5 Å². The third kappa shape index (κ3) is 7.48. The van der Waals surface area contributed by atoms with E-state index >= 15 is 0 Å². The van der Waals surface area contributed by atoms with Crippen molar-refractivity contribution in [2.24, 2.45) is 0 Å². The zero-order chi connectivity index (χ0) is 14.8. The second kappa shape index (κ2) is 10.4. The van der Waals surface area contributed by atoms with Gasteiger partial charge in [0.1, 0.15) is 0 Å². The molecule has 20 heavy (non-hydrogen) atoms. The molecule has 0 radical (unpaired) electrons. The Balaban J connectivity index is 2.16. The quantitative estimate of drug-likeness (QED) is 0.602. The summed E-state index contributed by atoms with van der Waals surface area (Å²) < 4.78 is 6.38. The molecule has 0 heterocycles. The molecule has 3 nitrogen and oxygen atoms in total. The molecule has 0 saturated heterocycles. The molecule has 0 aliphatic heterocycles. The molecule has 1 atom stereocenters. The summed E-state index contributed by atoms with van der Waals surface area (Å²) in [6.07, 6.45) is 4.21. The third-order valence-electron chi connectivity index (χ3n) is 2.91. The number of hydrogen-bond acceptors (Lipinski definition) is 3. The Kier molecular flexibility index (Phi) is 9.27. The molecule has 5 heteroatoms. The highest BCUT2D eigenvalue weighted by Crippen LogP contribution is 2.25. The van der Waals surface area contributed by atoms with Gasteiger partial charge < -0.3 is 15.2 Å². The summed E-state index contributed by atoms with van der Waals surface area (Å²) in [4.78, 5) is 0. The van der Waals surface area contributed by atoms with Crippen molar-refractivity contribution < 1.29 is 9.84 Å². The minimum Gasteiger partial charge on any atom is -0.389 e. The molecule has 2 N–H and O–H groups in total. The van der Waals surface area contributed by atoms with Crippen LogP contribution in [0.2, 0.25) is 5.02 Å². The zero-order valence-corrected chi connectivity index (χ0v) is 14.2. The van der Waals surface area contributed by atoms with E-state index in [0.29, 0.717) is 18.2 Å². The van der Waals surface area contributed by atoms with Crippen LogP contribution in [0, 0.1) is 0 Å². The number of unbranched alkanes of at least 4 members (excludes halogenated alkanes) is 3. The largest absolute Gasteiger partial charge is 0.389 e. The average molecular weight is 365 g/mol. The number of hydrogen-bond donors (Lipinski definition) is 2. The number of aliphatic hydroxyl groups excluding tert-OH is 1. The van der Waals surface area contributed by atoms with Crippen LogP contribution in [0.25, 0.3) is 0 Å². The van der Waals surface area contributed by atoms with Crippen LogP contribution in [0.3, 0.4) is 0 Å². The average Bonchev–Trinajstić information content (AvgIpc) is 2.43. The normalized spacial score (nSPS) is 12.4. The first kappa shape index (κ1) is 17.8. The van der Waals surface area contributed by atoms with Crippen LogP contribution in [0.1, 0.15) is 32.6 Å². The maximum absolute atomic E-state index is 9.84. The summed E-state index contributed by atoms with van der Waals surface area (Å²) in [6, 6.07) is 5.51. The van der Waals surface area contributed by atoms with Crippen LogP contribution in [0.4, 0.5) is 5.69 Å². The van der Waals surface area contributed by atoms with Crippen LogP contribution in [-0.2, 0) is 4.74 Å². The maximum Gasteiger partial charge on any atom is 0.0945 e. The molecule has 0 fully saturated rings. The van der Waals surface area contributed by atoms with Crippen LogP contribution in [0.15, 0.2) is 22.7 Å². The molecule has 0 aromatic heterocycles. The number of benzene rings is 1. The lowest BCUT2D eigenvalue weighted by molar-refractivity contribution is 0.0416. The smallest absolute Gasteiger partial charge is 0.0945 e. The number of nitrogens with one attached hydrogen (secondary N) is 1. The highest BCUT2D eigenvalue weighted by molar-refractivity contribution is 9.10. The van der Waals surface area contributed by atoms with Gasteiger partial charge in [0.05, 0.1) is 12.7 Å². The first-order valence-corrected chi connectivity index (χ1v) is 8.25. The van der Waals surface area contributed by atoms with E-state index in [1.807, 2.05) is 18.2 Å². The molecule has 1 unspecified atom stereocenters. The first-order valence-electron chi connectivity index (χ1n) is 7.08. The summed E-state index contributed by atoms with van der Waals surface area (Å²) in [6.45, 7) is 3.70. The Labute approximate surface area is 134 Å². The number of halogens is 2. The molecule has 1 aromatic rings. The third-order valence-corrected chi connectivity index (χ3v) is 3.84. The maximum atomic E-state index is 9.84. The zero-order valence-electron chi connectivity index (χ0n) is 11.9. The standard InChI is InChI=1S/C15H23BrClNO2/c1-2-3-4-5-8-20-11-13(19)10-18-15-9-12(17)6-7-14(15)16/h6-7,9,13,18-19H,2-5,8,10-11H2,1H3. The van der Waals surface area contributed by atoms with Gasteiger partial charge in [-0.15, -0.1) is 0 Å². The van der Waals surface area contributed by atoms with Gasteiger partial charge in [0.2, 0.25) is 0 Å². The Morgan fingerprint density at radius 2 is 2.15 bits per heavy atom. The predicted molar refractivity (Wildman–Crippen MR) is 88.6 cm³/mol. The molecule has 1 rings (SSSR count). The molecule has 0 saturated carbocycles. The van der Waals surface area contributed by atoms with Crippen LogP contribution in [0.5, 0.6) is 0 Å². The van der Waals surface area contributed by atoms with E-state index in [9.17, 15) is 5.11 Å². The van der Waals surface area contributed by atoms with Crippen molar-refractivity contribution >= 4 is 33.2 Å². The molecule has 114 valence electrons. The fourth-order valence-corrected chi connectivity index (χ4v) is 2.33. The summed E-state index contributed by atoms with van der Waals surface area (Å²) in [7, 11) is 0. The minimum absolute atomic E-state index is 0.358. The highest BCUT2D eigenvalue weighted by atomic mass is 79.9. The van der Waals surface area contributed by atoms with E-state index in [0.717, 1.165) is 23.2 Å². The van der Waals surface area contributed by atoms with E-state index in [1.54, 1.807) is 0 Å². The lowest BCUT2D eigenvalue weighted by Crippen LogP contribution is -2.25. The van der Waals surface area contributed by atoms with Crippen LogP contribution < -0.4 is 5.32 Å². The SMILES string of the molecule is CCCCCCOCC(O)CNc1cc(Cl)ccc1Br. The summed E-state index contributed by atoms with van der Waals surface area (Å²) in [5.41, 5.74) is 0.875. The second-order valence-corrected chi connectivity index (χ2v) is 6.09. The molecule has 0 amide bonds. The van der Waals surface area contributed by atoms with Gasteiger partial charge in [-0.3, -0.25) is 0 Å². The summed E-state index contributed by atoms with van der Waals surface area (Å²) in [5, 5.41) is 13.7. The molecular weight excluding hydrogens is 342 g/mol. The fourth-order valence-electron chi connectivity index (χ4n) is 1.77. The Bertz CT molecular complexity index is 390. The van der Waals surface area contributed by atoms with E-state index in [-0.39, 0.29) is 0 Å².